The van der Waals surface area contributed by atoms with Crippen molar-refractivity contribution in [3.05, 3.63) is 73.7 Å². The molecule has 0 bridgehead atoms. The van der Waals surface area contributed by atoms with Gasteiger partial charge in [-0.2, -0.15) is 26.3 Å². The Hall–Kier alpha value is -2.30. The number of rotatable bonds is 7. The third kappa shape index (κ3) is 5.98. The van der Waals surface area contributed by atoms with E-state index in [-0.39, 0.29) is 40.1 Å². The highest BCUT2D eigenvalue weighted by Gasteiger charge is 2.52. The number of allylic oxidation sites excluding steroid dienone is 1. The molecule has 1 saturated carbocycles. The van der Waals surface area contributed by atoms with Crippen LogP contribution in [0.5, 0.6) is 0 Å². The fraction of sp³-hybridized carbons (Fsp3) is 0.304. The summed E-state index contributed by atoms with van der Waals surface area (Å²) in [5.74, 6) is -6.76. The Labute approximate surface area is 214 Å². The SMILES string of the molecule is O=C(CC1(C(=O)O)CC1)c1ccc(/C(F)=C/C(c2cc(Cl)c(Cl)c(Cl)c2)C(F)(F)F)cc1C(F)(F)F. The Morgan fingerprint density at radius 3 is 2.00 bits per heavy atom. The number of aliphatic carboxylic acids is 1. The lowest BCUT2D eigenvalue weighted by Crippen LogP contribution is -2.21. The number of carbonyl (C=O) groups excluding carboxylic acids is 1. The summed E-state index contributed by atoms with van der Waals surface area (Å²) in [7, 11) is 0. The van der Waals surface area contributed by atoms with Gasteiger partial charge in [0.1, 0.15) is 11.7 Å². The zero-order valence-electron chi connectivity index (χ0n) is 17.7. The zero-order valence-corrected chi connectivity index (χ0v) is 20.0. The Morgan fingerprint density at radius 1 is 1.00 bits per heavy atom. The lowest BCUT2D eigenvalue weighted by Gasteiger charge is -2.19. The quantitative estimate of drug-likeness (QED) is 0.203. The Morgan fingerprint density at radius 2 is 1.56 bits per heavy atom. The van der Waals surface area contributed by atoms with Crippen molar-refractivity contribution in [2.45, 2.75) is 37.5 Å². The van der Waals surface area contributed by atoms with Gasteiger partial charge < -0.3 is 5.11 Å². The van der Waals surface area contributed by atoms with Gasteiger partial charge in [0.25, 0.3) is 0 Å². The summed E-state index contributed by atoms with van der Waals surface area (Å²) in [6, 6.07) is 3.14. The zero-order chi connectivity index (χ0) is 27.2. The standard InChI is InChI=1S/C23H14Cl3F7O3/c24-15-6-11(7-16(25)19(15)26)13(22(28,29)30)8-17(27)10-1-2-12(14(5-10)23(31,32)33)18(34)9-21(3-4-21)20(35)36/h1-2,5-8,13H,3-4,9H2,(H,35,36)/b17-8-. The average molecular weight is 578 g/mol. The van der Waals surface area contributed by atoms with Gasteiger partial charge in [-0.15, -0.1) is 0 Å². The highest BCUT2D eigenvalue weighted by atomic mass is 35.5. The summed E-state index contributed by atoms with van der Waals surface area (Å²) in [5, 5.41) is 8.26. The molecule has 1 atom stereocenters. The molecule has 1 aliphatic rings. The molecule has 0 aliphatic heterocycles. The average Bonchev–Trinajstić information content (AvgIpc) is 3.54. The first-order valence-corrected chi connectivity index (χ1v) is 11.2. The minimum Gasteiger partial charge on any atom is -0.481 e. The van der Waals surface area contributed by atoms with Crippen LogP contribution in [0.1, 0.15) is 52.2 Å². The van der Waals surface area contributed by atoms with Crippen LogP contribution in [0.15, 0.2) is 36.4 Å². The molecule has 1 fully saturated rings. The maximum Gasteiger partial charge on any atom is 0.417 e. The Bertz CT molecular complexity index is 1230. The van der Waals surface area contributed by atoms with Gasteiger partial charge in [0.2, 0.25) is 0 Å². The number of carboxylic acid groups (broad SMARTS) is 1. The lowest BCUT2D eigenvalue weighted by atomic mass is 9.91. The van der Waals surface area contributed by atoms with Gasteiger partial charge in [-0.3, -0.25) is 9.59 Å². The molecule has 36 heavy (non-hydrogen) atoms. The van der Waals surface area contributed by atoms with Gasteiger partial charge in [-0.05, 0) is 42.7 Å². The van der Waals surface area contributed by atoms with Gasteiger partial charge in [0.05, 0.1) is 26.0 Å². The van der Waals surface area contributed by atoms with Crippen molar-refractivity contribution in [3.63, 3.8) is 0 Å². The molecular formula is C23H14Cl3F7O3. The predicted octanol–water partition coefficient (Wildman–Crippen LogP) is 8.76. The second kappa shape index (κ2) is 9.87. The van der Waals surface area contributed by atoms with E-state index in [1.54, 1.807) is 0 Å². The van der Waals surface area contributed by atoms with Crippen molar-refractivity contribution in [1.82, 2.24) is 0 Å². The van der Waals surface area contributed by atoms with Crippen molar-refractivity contribution in [2.24, 2.45) is 5.41 Å². The molecule has 194 valence electrons. The number of Topliss-reactive ketones (excluding diaryl/α,β-unsaturated/α-hetero) is 1. The van der Waals surface area contributed by atoms with E-state index in [4.69, 9.17) is 34.8 Å². The van der Waals surface area contributed by atoms with Gasteiger partial charge in [-0.25, -0.2) is 4.39 Å². The summed E-state index contributed by atoms with van der Waals surface area (Å²) in [4.78, 5) is 23.8. The van der Waals surface area contributed by atoms with E-state index in [2.05, 4.69) is 0 Å². The molecule has 1 unspecified atom stereocenters. The molecule has 2 aromatic carbocycles. The molecule has 0 radical (unpaired) electrons. The summed E-state index contributed by atoms with van der Waals surface area (Å²) in [5.41, 5.74) is -5.45. The van der Waals surface area contributed by atoms with Crippen molar-refractivity contribution in [2.75, 3.05) is 0 Å². The highest BCUT2D eigenvalue weighted by Crippen LogP contribution is 2.50. The molecule has 0 saturated heterocycles. The summed E-state index contributed by atoms with van der Waals surface area (Å²) < 4.78 is 97.0. The van der Waals surface area contributed by atoms with Crippen molar-refractivity contribution < 1.29 is 45.4 Å². The number of hydrogen-bond acceptors (Lipinski definition) is 2. The van der Waals surface area contributed by atoms with E-state index in [1.165, 1.54) is 0 Å². The number of carbonyl (C=O) groups is 2. The van der Waals surface area contributed by atoms with Crippen molar-refractivity contribution in [3.8, 4) is 0 Å². The summed E-state index contributed by atoms with van der Waals surface area (Å²) >= 11 is 17.3. The first-order valence-electron chi connectivity index (χ1n) is 10.0. The second-order valence-electron chi connectivity index (χ2n) is 8.28. The molecule has 2 aromatic rings. The van der Waals surface area contributed by atoms with E-state index in [1.807, 2.05) is 0 Å². The van der Waals surface area contributed by atoms with Crippen LogP contribution in [0, 0.1) is 5.41 Å². The smallest absolute Gasteiger partial charge is 0.417 e. The van der Waals surface area contributed by atoms with E-state index >= 15 is 0 Å². The van der Waals surface area contributed by atoms with Crippen molar-refractivity contribution in [1.29, 1.82) is 0 Å². The molecule has 0 amide bonds. The van der Waals surface area contributed by atoms with E-state index in [0.717, 1.165) is 12.1 Å². The maximum absolute atomic E-state index is 14.9. The number of hydrogen-bond donors (Lipinski definition) is 1. The molecule has 13 heteroatoms. The van der Waals surface area contributed by atoms with E-state index in [9.17, 15) is 45.4 Å². The minimum absolute atomic E-state index is 0.0521. The van der Waals surface area contributed by atoms with Crippen LogP contribution in [0.2, 0.25) is 15.1 Å². The number of carboxylic acids is 1. The molecule has 1 aliphatic carbocycles. The third-order valence-electron chi connectivity index (χ3n) is 5.74. The van der Waals surface area contributed by atoms with Crippen LogP contribution < -0.4 is 0 Å². The molecular weight excluding hydrogens is 564 g/mol. The van der Waals surface area contributed by atoms with Gasteiger partial charge in [0, 0.05) is 17.5 Å². The minimum atomic E-state index is -5.18. The number of ketones is 1. The second-order valence-corrected chi connectivity index (χ2v) is 9.47. The molecule has 3 rings (SSSR count). The molecule has 0 spiro atoms. The van der Waals surface area contributed by atoms with Crippen LogP contribution in [0.4, 0.5) is 30.7 Å². The van der Waals surface area contributed by atoms with Crippen LogP contribution >= 0.6 is 34.8 Å². The summed E-state index contributed by atoms with van der Waals surface area (Å²) in [6.45, 7) is 0. The fourth-order valence-corrected chi connectivity index (χ4v) is 4.18. The molecule has 3 nitrogen and oxygen atoms in total. The van der Waals surface area contributed by atoms with Crippen LogP contribution in [0.3, 0.4) is 0 Å². The largest absolute Gasteiger partial charge is 0.481 e. The predicted molar refractivity (Wildman–Crippen MR) is 119 cm³/mol. The Balaban J connectivity index is 2.04. The maximum atomic E-state index is 14.9. The first-order chi connectivity index (χ1) is 16.5. The van der Waals surface area contributed by atoms with Crippen LogP contribution in [0.25, 0.3) is 5.83 Å². The normalized spacial score (nSPS) is 16.6. The molecule has 0 heterocycles. The number of halogens is 10. The third-order valence-corrected chi connectivity index (χ3v) is 6.94. The van der Waals surface area contributed by atoms with Gasteiger partial charge >= 0.3 is 18.3 Å². The topological polar surface area (TPSA) is 54.4 Å². The number of alkyl halides is 6. The van der Waals surface area contributed by atoms with Crippen LogP contribution in [-0.2, 0) is 11.0 Å². The highest BCUT2D eigenvalue weighted by molar-refractivity contribution is 6.48. The first kappa shape index (κ1) is 28.3. The fourth-order valence-electron chi connectivity index (χ4n) is 3.57. The molecule has 1 N–H and O–H groups in total. The molecule has 0 aromatic heterocycles. The van der Waals surface area contributed by atoms with E-state index in [0.29, 0.717) is 12.1 Å². The van der Waals surface area contributed by atoms with Crippen molar-refractivity contribution >= 4 is 52.4 Å². The van der Waals surface area contributed by atoms with Gasteiger partial charge in [-0.1, -0.05) is 46.9 Å². The van der Waals surface area contributed by atoms with E-state index < -0.39 is 69.9 Å². The summed E-state index contributed by atoms with van der Waals surface area (Å²) in [6.07, 6.45) is -10.7. The monoisotopic (exact) mass is 576 g/mol. The lowest BCUT2D eigenvalue weighted by molar-refractivity contribution is -0.143. The van der Waals surface area contributed by atoms with Gasteiger partial charge in [0.15, 0.2) is 5.78 Å². The Kier molecular flexibility index (Phi) is 7.75. The van der Waals surface area contributed by atoms with Crippen LogP contribution in [-0.4, -0.2) is 23.0 Å². The number of benzene rings is 2.